The third-order valence-corrected chi connectivity index (χ3v) is 4.80. The molecule has 1 aliphatic heterocycles. The minimum Gasteiger partial charge on any atom is -0.379 e. The highest BCUT2D eigenvalue weighted by atomic mass is 32.2. The van der Waals surface area contributed by atoms with Crippen molar-refractivity contribution in [3.8, 4) is 0 Å². The lowest BCUT2D eigenvalue weighted by Crippen LogP contribution is -2.51. The van der Waals surface area contributed by atoms with Gasteiger partial charge in [0.2, 0.25) is 0 Å². The van der Waals surface area contributed by atoms with Crippen LogP contribution in [0.3, 0.4) is 0 Å². The molecule has 5 nitrogen and oxygen atoms in total. The lowest BCUT2D eigenvalue weighted by Gasteiger charge is -2.35. The highest BCUT2D eigenvalue weighted by molar-refractivity contribution is 7.98. The largest absolute Gasteiger partial charge is 0.379 e. The van der Waals surface area contributed by atoms with E-state index >= 15 is 0 Å². The Kier molecular flexibility index (Phi) is 11.5. The Labute approximate surface area is 147 Å². The van der Waals surface area contributed by atoms with Crippen LogP contribution in [0.4, 0.5) is 0 Å². The second-order valence-corrected chi connectivity index (χ2v) is 7.50. The zero-order valence-corrected chi connectivity index (χ0v) is 16.3. The van der Waals surface area contributed by atoms with Gasteiger partial charge in [-0.2, -0.15) is 11.8 Å². The van der Waals surface area contributed by atoms with E-state index in [1.54, 1.807) is 0 Å². The number of hydrogen-bond donors (Lipinski definition) is 2. The lowest BCUT2D eigenvalue weighted by atomic mass is 10.0. The van der Waals surface area contributed by atoms with E-state index in [1.165, 1.54) is 25.0 Å². The molecule has 1 unspecified atom stereocenters. The smallest absolute Gasteiger partial charge is 0.191 e. The first-order chi connectivity index (χ1) is 11.2. The Hall–Kier alpha value is -0.460. The molecule has 0 spiro atoms. The predicted molar refractivity (Wildman–Crippen MR) is 103 cm³/mol. The molecule has 1 saturated heterocycles. The van der Waals surface area contributed by atoms with Crippen molar-refractivity contribution in [1.82, 2.24) is 15.5 Å². The van der Waals surface area contributed by atoms with Crippen molar-refractivity contribution in [2.24, 2.45) is 10.9 Å². The van der Waals surface area contributed by atoms with Crippen LogP contribution in [-0.2, 0) is 4.74 Å². The monoisotopic (exact) mass is 344 g/mol. The third-order valence-electron chi connectivity index (χ3n) is 4.10. The fourth-order valence-corrected chi connectivity index (χ4v) is 3.35. The summed E-state index contributed by atoms with van der Waals surface area (Å²) in [6.07, 6.45) is 5.82. The summed E-state index contributed by atoms with van der Waals surface area (Å²) >= 11 is 1.91. The number of rotatable bonds is 10. The van der Waals surface area contributed by atoms with Gasteiger partial charge in [0.15, 0.2) is 5.96 Å². The number of thioether (sulfide) groups is 1. The average molecular weight is 345 g/mol. The van der Waals surface area contributed by atoms with E-state index in [0.717, 1.165) is 45.4 Å². The van der Waals surface area contributed by atoms with E-state index in [4.69, 9.17) is 4.74 Å². The van der Waals surface area contributed by atoms with Crippen LogP contribution in [-0.4, -0.2) is 75.4 Å². The van der Waals surface area contributed by atoms with Gasteiger partial charge >= 0.3 is 0 Å². The summed E-state index contributed by atoms with van der Waals surface area (Å²) in [5.41, 5.74) is 0. The summed E-state index contributed by atoms with van der Waals surface area (Å²) in [5, 5.41) is 6.94. The molecule has 0 amide bonds. The first kappa shape index (κ1) is 20.6. The topological polar surface area (TPSA) is 48.9 Å². The van der Waals surface area contributed by atoms with Gasteiger partial charge in [-0.3, -0.25) is 9.89 Å². The van der Waals surface area contributed by atoms with Gasteiger partial charge in [-0.1, -0.05) is 13.8 Å². The molecule has 0 aromatic rings. The van der Waals surface area contributed by atoms with Crippen molar-refractivity contribution in [3.63, 3.8) is 0 Å². The molecule has 0 radical (unpaired) electrons. The zero-order chi connectivity index (χ0) is 16.9. The summed E-state index contributed by atoms with van der Waals surface area (Å²) in [7, 11) is 1.85. The summed E-state index contributed by atoms with van der Waals surface area (Å²) in [5.74, 6) is 2.86. The standard InChI is InChI=1S/C17H36N4OS/c1-15(2)13-16(21-8-10-22-11-9-21)14-20-17(18-3)19-7-5-6-12-23-4/h15-16H,5-14H2,1-4H3,(H2,18,19,20). The molecule has 2 N–H and O–H groups in total. The van der Waals surface area contributed by atoms with E-state index in [9.17, 15) is 0 Å². The van der Waals surface area contributed by atoms with Crippen LogP contribution in [0.5, 0.6) is 0 Å². The normalized spacial score (nSPS) is 18.2. The second kappa shape index (κ2) is 12.9. The number of hydrogen-bond acceptors (Lipinski definition) is 4. The van der Waals surface area contributed by atoms with E-state index in [0.29, 0.717) is 12.0 Å². The Balaban J connectivity index is 2.35. The third kappa shape index (κ3) is 9.42. The maximum absolute atomic E-state index is 5.49. The SMILES string of the molecule is CN=C(NCCCCSC)NCC(CC(C)C)N1CCOCC1. The first-order valence-electron chi connectivity index (χ1n) is 8.92. The number of guanidine groups is 1. The highest BCUT2D eigenvalue weighted by Gasteiger charge is 2.22. The molecule has 6 heteroatoms. The first-order valence-corrected chi connectivity index (χ1v) is 10.3. The molecule has 0 aromatic heterocycles. The summed E-state index contributed by atoms with van der Waals surface area (Å²) < 4.78 is 5.49. The van der Waals surface area contributed by atoms with Crippen LogP contribution in [0, 0.1) is 5.92 Å². The molecular weight excluding hydrogens is 308 g/mol. The summed E-state index contributed by atoms with van der Waals surface area (Å²) in [6.45, 7) is 10.3. The van der Waals surface area contributed by atoms with Crippen LogP contribution in [0.25, 0.3) is 0 Å². The van der Waals surface area contributed by atoms with Gasteiger partial charge in [0.1, 0.15) is 0 Å². The number of ether oxygens (including phenoxy) is 1. The quantitative estimate of drug-likeness (QED) is 0.361. The van der Waals surface area contributed by atoms with Crippen LogP contribution in [0.2, 0.25) is 0 Å². The molecule has 0 aromatic carbocycles. The van der Waals surface area contributed by atoms with E-state index in [-0.39, 0.29) is 0 Å². The summed E-state index contributed by atoms with van der Waals surface area (Å²) in [4.78, 5) is 6.91. The molecular formula is C17H36N4OS. The Bertz CT molecular complexity index is 320. The number of morpholine rings is 1. The average Bonchev–Trinajstić information content (AvgIpc) is 2.56. The minimum atomic E-state index is 0.550. The van der Waals surface area contributed by atoms with E-state index < -0.39 is 0 Å². The maximum atomic E-state index is 5.49. The minimum absolute atomic E-state index is 0.550. The van der Waals surface area contributed by atoms with Gasteiger partial charge in [0.25, 0.3) is 0 Å². The van der Waals surface area contributed by atoms with Gasteiger partial charge in [0.05, 0.1) is 13.2 Å². The van der Waals surface area contributed by atoms with Crippen LogP contribution in [0.15, 0.2) is 4.99 Å². The molecule has 23 heavy (non-hydrogen) atoms. The molecule has 0 bridgehead atoms. The molecule has 0 saturated carbocycles. The molecule has 1 aliphatic rings. The second-order valence-electron chi connectivity index (χ2n) is 6.51. The number of nitrogens with zero attached hydrogens (tertiary/aromatic N) is 2. The Morgan fingerprint density at radius 1 is 1.22 bits per heavy atom. The van der Waals surface area contributed by atoms with Gasteiger partial charge < -0.3 is 15.4 Å². The Morgan fingerprint density at radius 2 is 1.96 bits per heavy atom. The highest BCUT2D eigenvalue weighted by Crippen LogP contribution is 2.12. The van der Waals surface area contributed by atoms with Crippen molar-refractivity contribution >= 4 is 17.7 Å². The fourth-order valence-electron chi connectivity index (χ4n) is 2.86. The van der Waals surface area contributed by atoms with Crippen molar-refractivity contribution in [2.45, 2.75) is 39.2 Å². The Morgan fingerprint density at radius 3 is 2.57 bits per heavy atom. The maximum Gasteiger partial charge on any atom is 0.191 e. The van der Waals surface area contributed by atoms with Crippen LogP contribution < -0.4 is 10.6 Å². The van der Waals surface area contributed by atoms with E-state index in [2.05, 4.69) is 40.6 Å². The van der Waals surface area contributed by atoms with Crippen molar-refractivity contribution < 1.29 is 4.74 Å². The fraction of sp³-hybridized carbons (Fsp3) is 0.941. The van der Waals surface area contributed by atoms with Gasteiger partial charge in [-0.05, 0) is 37.2 Å². The van der Waals surface area contributed by atoms with E-state index in [1.807, 2.05) is 18.8 Å². The van der Waals surface area contributed by atoms with Crippen molar-refractivity contribution in [3.05, 3.63) is 0 Å². The zero-order valence-electron chi connectivity index (χ0n) is 15.4. The molecule has 1 rings (SSSR count). The van der Waals surface area contributed by atoms with Crippen molar-refractivity contribution in [2.75, 3.05) is 58.4 Å². The van der Waals surface area contributed by atoms with Crippen LogP contribution >= 0.6 is 11.8 Å². The predicted octanol–water partition coefficient (Wildman–Crippen LogP) is 2.04. The molecule has 1 heterocycles. The number of nitrogens with one attached hydrogen (secondary N) is 2. The van der Waals surface area contributed by atoms with Gasteiger partial charge in [-0.15, -0.1) is 0 Å². The van der Waals surface area contributed by atoms with Crippen molar-refractivity contribution in [1.29, 1.82) is 0 Å². The lowest BCUT2D eigenvalue weighted by molar-refractivity contribution is 0.0132. The van der Waals surface area contributed by atoms with Gasteiger partial charge in [0, 0.05) is 39.3 Å². The number of aliphatic imine (C=N–C) groups is 1. The van der Waals surface area contributed by atoms with Crippen LogP contribution in [0.1, 0.15) is 33.1 Å². The number of unbranched alkanes of at least 4 members (excludes halogenated alkanes) is 1. The molecule has 1 fully saturated rings. The molecule has 0 aliphatic carbocycles. The molecule has 1 atom stereocenters. The van der Waals surface area contributed by atoms with Gasteiger partial charge in [-0.25, -0.2) is 0 Å². The summed E-state index contributed by atoms with van der Waals surface area (Å²) in [6, 6.07) is 0.550. The molecule has 136 valence electrons.